The third-order valence-corrected chi connectivity index (χ3v) is 5.27. The summed E-state index contributed by atoms with van der Waals surface area (Å²) in [6, 6.07) is 11.2. The molecule has 0 aliphatic carbocycles. The standard InChI is InChI=1S/C26H28F2N4O6.Na/c1-37-12-13-38-16-32-30-26(29-31-32)23(11-10-21(33)14-22(34)15-24(35)36)25(17-2-6-19(27)7-3-17)18-4-8-20(28)9-5-18;/h2-11,21-22,33-34H,12-16H2,1H3,(H,35,36);/q;+1/p-1/b11-10+;/t21-,22-;/m1./s1. The summed E-state index contributed by atoms with van der Waals surface area (Å²) in [5.74, 6) is -2.25. The Morgan fingerprint density at radius 2 is 1.64 bits per heavy atom. The van der Waals surface area contributed by atoms with Crippen LogP contribution in [0.2, 0.25) is 0 Å². The van der Waals surface area contributed by atoms with Crippen LogP contribution in [0.4, 0.5) is 8.78 Å². The van der Waals surface area contributed by atoms with Crippen molar-refractivity contribution in [2.75, 3.05) is 20.3 Å². The Labute approximate surface area is 245 Å². The number of rotatable bonds is 14. The predicted octanol–water partition coefficient (Wildman–Crippen LogP) is -1.66. The second-order valence-corrected chi connectivity index (χ2v) is 8.21. The minimum atomic E-state index is -1.45. The molecule has 0 aliphatic rings. The van der Waals surface area contributed by atoms with Gasteiger partial charge in [-0.1, -0.05) is 36.4 Å². The van der Waals surface area contributed by atoms with Gasteiger partial charge in [0.2, 0.25) is 5.82 Å². The van der Waals surface area contributed by atoms with Crippen molar-refractivity contribution in [3.63, 3.8) is 0 Å². The first-order valence-electron chi connectivity index (χ1n) is 11.6. The number of hydrogen-bond donors (Lipinski definition) is 2. The monoisotopic (exact) mass is 552 g/mol. The number of aliphatic carboxylic acids is 1. The Kier molecular flexibility index (Phi) is 13.5. The molecule has 0 spiro atoms. The molecule has 0 aliphatic heterocycles. The van der Waals surface area contributed by atoms with Gasteiger partial charge in [0.1, 0.15) is 11.6 Å². The fraction of sp³-hybridized carbons (Fsp3) is 0.308. The van der Waals surface area contributed by atoms with Gasteiger partial charge >= 0.3 is 29.6 Å². The number of carboxylic acids is 1. The van der Waals surface area contributed by atoms with E-state index in [0.29, 0.717) is 35.5 Å². The third-order valence-electron chi connectivity index (χ3n) is 5.27. The van der Waals surface area contributed by atoms with Gasteiger partial charge in [0.15, 0.2) is 6.73 Å². The Morgan fingerprint density at radius 1 is 1.05 bits per heavy atom. The number of aromatic nitrogens is 4. The molecule has 13 heteroatoms. The molecule has 2 aromatic carbocycles. The van der Waals surface area contributed by atoms with Gasteiger partial charge in [0, 0.05) is 37.1 Å². The molecule has 202 valence electrons. The van der Waals surface area contributed by atoms with E-state index in [1.165, 1.54) is 72.6 Å². The summed E-state index contributed by atoms with van der Waals surface area (Å²) in [6.07, 6.45) is -0.669. The van der Waals surface area contributed by atoms with Crippen LogP contribution in [0.5, 0.6) is 0 Å². The first-order valence-corrected chi connectivity index (χ1v) is 11.6. The molecule has 3 rings (SSSR count). The first-order chi connectivity index (χ1) is 18.3. The topological polar surface area (TPSA) is 143 Å². The molecule has 1 aromatic heterocycles. The molecule has 2 atom stereocenters. The van der Waals surface area contributed by atoms with E-state index in [1.807, 2.05) is 0 Å². The van der Waals surface area contributed by atoms with Crippen molar-refractivity contribution in [3.8, 4) is 0 Å². The zero-order chi connectivity index (χ0) is 27.5. The molecule has 3 aromatic rings. The number of aliphatic hydroxyl groups excluding tert-OH is 2. The summed E-state index contributed by atoms with van der Waals surface area (Å²) in [5.41, 5.74) is 1.89. The molecule has 0 saturated carbocycles. The average Bonchev–Trinajstić information content (AvgIpc) is 3.34. The van der Waals surface area contributed by atoms with E-state index in [4.69, 9.17) is 9.47 Å². The van der Waals surface area contributed by atoms with Crippen LogP contribution in [-0.4, -0.2) is 68.9 Å². The average molecular weight is 553 g/mol. The molecule has 0 unspecified atom stereocenters. The van der Waals surface area contributed by atoms with Crippen LogP contribution in [0.15, 0.2) is 60.7 Å². The Morgan fingerprint density at radius 3 is 2.18 bits per heavy atom. The van der Waals surface area contributed by atoms with Gasteiger partial charge in [-0.15, -0.1) is 15.0 Å². The summed E-state index contributed by atoms with van der Waals surface area (Å²) >= 11 is 0. The summed E-state index contributed by atoms with van der Waals surface area (Å²) in [4.78, 5) is 11.9. The minimum Gasteiger partial charge on any atom is -0.550 e. The Bertz CT molecular complexity index is 1200. The SMILES string of the molecule is COCCOCn1nnc(C(/C=C/[C@@H](O)C[C@@H](O)CC(=O)[O-])=C(c2ccc(F)cc2)c2ccc(F)cc2)n1.[Na+]. The third kappa shape index (κ3) is 10.3. The van der Waals surface area contributed by atoms with Crippen LogP contribution in [-0.2, 0) is 21.0 Å². The molecule has 0 amide bonds. The molecular weight excluding hydrogens is 525 g/mol. The normalized spacial score (nSPS) is 12.6. The van der Waals surface area contributed by atoms with E-state index in [2.05, 4.69) is 15.4 Å². The number of carbonyl (C=O) groups is 1. The van der Waals surface area contributed by atoms with Crippen LogP contribution < -0.4 is 34.7 Å². The number of allylic oxidation sites excluding steroid dienone is 2. The van der Waals surface area contributed by atoms with E-state index in [9.17, 15) is 28.9 Å². The van der Waals surface area contributed by atoms with Crippen molar-refractivity contribution in [2.45, 2.75) is 31.8 Å². The van der Waals surface area contributed by atoms with E-state index in [-0.39, 0.29) is 48.5 Å². The molecule has 0 bridgehead atoms. The van der Waals surface area contributed by atoms with Crippen molar-refractivity contribution in [3.05, 3.63) is 89.3 Å². The summed E-state index contributed by atoms with van der Waals surface area (Å²) in [7, 11) is 1.54. The number of ether oxygens (including phenoxy) is 2. The maximum Gasteiger partial charge on any atom is 1.00 e. The molecule has 10 nitrogen and oxygen atoms in total. The molecule has 0 fully saturated rings. The number of carboxylic acid groups (broad SMARTS) is 1. The van der Waals surface area contributed by atoms with Crippen molar-refractivity contribution in [2.24, 2.45) is 0 Å². The van der Waals surface area contributed by atoms with Gasteiger partial charge < -0.3 is 29.6 Å². The number of tetrazole rings is 1. The van der Waals surface area contributed by atoms with Gasteiger partial charge in [0.25, 0.3) is 0 Å². The van der Waals surface area contributed by atoms with Crippen LogP contribution in [0, 0.1) is 11.6 Å². The number of hydrogen-bond acceptors (Lipinski definition) is 9. The zero-order valence-corrected chi connectivity index (χ0v) is 23.5. The minimum absolute atomic E-state index is 0. The molecule has 1 heterocycles. The van der Waals surface area contributed by atoms with E-state index in [1.54, 1.807) is 0 Å². The number of aliphatic hydroxyl groups is 2. The molecule has 0 saturated heterocycles. The Balaban J connectivity index is 0.00000533. The molecule has 39 heavy (non-hydrogen) atoms. The summed E-state index contributed by atoms with van der Waals surface area (Å²) in [6.45, 7) is 0.650. The summed E-state index contributed by atoms with van der Waals surface area (Å²) in [5, 5.41) is 43.4. The van der Waals surface area contributed by atoms with Crippen LogP contribution in [0.3, 0.4) is 0 Å². The molecule has 2 N–H and O–H groups in total. The predicted molar refractivity (Wildman–Crippen MR) is 130 cm³/mol. The van der Waals surface area contributed by atoms with Crippen molar-refractivity contribution in [1.29, 1.82) is 0 Å². The van der Waals surface area contributed by atoms with Gasteiger partial charge in [-0.05, 0) is 40.6 Å². The fourth-order valence-electron chi connectivity index (χ4n) is 3.52. The zero-order valence-electron chi connectivity index (χ0n) is 21.5. The Hall–Kier alpha value is -2.84. The second-order valence-electron chi connectivity index (χ2n) is 8.21. The number of benzene rings is 2. The van der Waals surface area contributed by atoms with E-state index >= 15 is 0 Å². The second kappa shape index (κ2) is 16.3. The van der Waals surface area contributed by atoms with Crippen LogP contribution >= 0.6 is 0 Å². The van der Waals surface area contributed by atoms with Gasteiger partial charge in [-0.2, -0.15) is 0 Å². The van der Waals surface area contributed by atoms with Crippen LogP contribution in [0.1, 0.15) is 29.8 Å². The number of nitrogens with zero attached hydrogens (tertiary/aromatic N) is 4. The summed E-state index contributed by atoms with van der Waals surface area (Å²) < 4.78 is 37.8. The maximum atomic E-state index is 13.7. The van der Waals surface area contributed by atoms with Crippen molar-refractivity contribution < 1.29 is 67.9 Å². The van der Waals surface area contributed by atoms with Crippen LogP contribution in [0.25, 0.3) is 11.1 Å². The van der Waals surface area contributed by atoms with Crippen molar-refractivity contribution in [1.82, 2.24) is 20.2 Å². The van der Waals surface area contributed by atoms with E-state index in [0.717, 1.165) is 0 Å². The smallest absolute Gasteiger partial charge is 0.550 e. The van der Waals surface area contributed by atoms with Crippen molar-refractivity contribution >= 4 is 17.1 Å². The maximum absolute atomic E-state index is 13.7. The number of carbonyl (C=O) groups excluding carboxylic acids is 1. The largest absolute Gasteiger partial charge is 1.00 e. The van der Waals surface area contributed by atoms with Gasteiger partial charge in [0.05, 0.1) is 25.4 Å². The van der Waals surface area contributed by atoms with E-state index < -0.39 is 36.2 Å². The number of halogens is 2. The molecule has 0 radical (unpaired) electrons. The first kappa shape index (κ1) is 32.4. The quantitative estimate of drug-likeness (QED) is 0.137. The van der Waals surface area contributed by atoms with Gasteiger partial charge in [-0.3, -0.25) is 0 Å². The fourth-order valence-corrected chi connectivity index (χ4v) is 3.52. The number of methoxy groups -OCH3 is 1. The van der Waals surface area contributed by atoms with Gasteiger partial charge in [-0.25, -0.2) is 8.78 Å². The molecular formula is C26H27F2N4NaO6.